The van der Waals surface area contributed by atoms with Crippen LogP contribution in [0.5, 0.6) is 0 Å². The van der Waals surface area contributed by atoms with Crippen molar-refractivity contribution >= 4 is 38.9 Å². The van der Waals surface area contributed by atoms with Gasteiger partial charge < -0.3 is 5.32 Å². The Labute approximate surface area is 127 Å². The van der Waals surface area contributed by atoms with Crippen molar-refractivity contribution in [2.24, 2.45) is 0 Å². The smallest absolute Gasteiger partial charge is 0.293 e. The van der Waals surface area contributed by atoms with Gasteiger partial charge in [0.15, 0.2) is 0 Å². The van der Waals surface area contributed by atoms with Gasteiger partial charge in [0.2, 0.25) is 0 Å². The average Bonchev–Trinajstić information content (AvgIpc) is 2.41. The number of nitrogens with one attached hydrogen (secondary N) is 1. The van der Waals surface area contributed by atoms with E-state index in [1.807, 2.05) is 0 Å². The van der Waals surface area contributed by atoms with Crippen LogP contribution in [0.2, 0.25) is 5.02 Å². The van der Waals surface area contributed by atoms with E-state index < -0.39 is 4.92 Å². The molecule has 2 aromatic carbocycles. The lowest BCUT2D eigenvalue weighted by atomic mass is 10.2. The molecule has 0 radical (unpaired) electrons. The largest absolute Gasteiger partial charge is 0.375 e. The SMILES string of the molecule is O=[N+]([O-])c1cc(Cl)ccc1NCc1ccc(F)c(Br)c1. The van der Waals surface area contributed by atoms with Gasteiger partial charge >= 0.3 is 0 Å². The van der Waals surface area contributed by atoms with Gasteiger partial charge in [-0.3, -0.25) is 10.1 Å². The van der Waals surface area contributed by atoms with Gasteiger partial charge in [0, 0.05) is 17.6 Å². The van der Waals surface area contributed by atoms with Crippen molar-refractivity contribution in [2.75, 3.05) is 5.32 Å². The van der Waals surface area contributed by atoms with Crippen LogP contribution in [0.15, 0.2) is 40.9 Å². The van der Waals surface area contributed by atoms with E-state index in [0.717, 1.165) is 5.56 Å². The minimum absolute atomic E-state index is 0.0984. The zero-order valence-corrected chi connectivity index (χ0v) is 12.4. The summed E-state index contributed by atoms with van der Waals surface area (Å²) in [5.41, 5.74) is 1.06. The lowest BCUT2D eigenvalue weighted by Gasteiger charge is -2.08. The highest BCUT2D eigenvalue weighted by molar-refractivity contribution is 9.10. The van der Waals surface area contributed by atoms with E-state index in [-0.39, 0.29) is 11.5 Å². The van der Waals surface area contributed by atoms with Crippen LogP contribution in [0, 0.1) is 15.9 Å². The van der Waals surface area contributed by atoms with E-state index in [1.54, 1.807) is 24.3 Å². The summed E-state index contributed by atoms with van der Waals surface area (Å²) in [7, 11) is 0. The van der Waals surface area contributed by atoms with Gasteiger partial charge in [-0.15, -0.1) is 0 Å². The third kappa shape index (κ3) is 3.46. The second-order valence-corrected chi connectivity index (χ2v) is 5.31. The second kappa shape index (κ2) is 6.19. The maximum Gasteiger partial charge on any atom is 0.293 e. The lowest BCUT2D eigenvalue weighted by molar-refractivity contribution is -0.383. The predicted octanol–water partition coefficient (Wildman–Crippen LogP) is 4.76. The molecule has 0 saturated carbocycles. The summed E-state index contributed by atoms with van der Waals surface area (Å²) in [6.07, 6.45) is 0. The fourth-order valence-electron chi connectivity index (χ4n) is 1.65. The number of hydrogen-bond donors (Lipinski definition) is 1. The summed E-state index contributed by atoms with van der Waals surface area (Å²) in [6, 6.07) is 8.94. The summed E-state index contributed by atoms with van der Waals surface area (Å²) in [5.74, 6) is -0.355. The number of anilines is 1. The third-order valence-corrected chi connectivity index (χ3v) is 3.47. The second-order valence-electron chi connectivity index (χ2n) is 4.02. The average molecular weight is 360 g/mol. The molecule has 2 rings (SSSR count). The van der Waals surface area contributed by atoms with Crippen molar-refractivity contribution in [3.63, 3.8) is 0 Å². The number of rotatable bonds is 4. The molecule has 0 aliphatic rings. The van der Waals surface area contributed by atoms with Gasteiger partial charge in [-0.1, -0.05) is 17.7 Å². The standard InChI is InChI=1S/C13H9BrClFN2O2/c14-10-5-8(1-3-11(10)16)7-17-12-4-2-9(15)6-13(12)18(19)20/h1-6,17H,7H2. The maximum absolute atomic E-state index is 13.1. The Kier molecular flexibility index (Phi) is 4.57. The molecule has 0 aliphatic carbocycles. The van der Waals surface area contributed by atoms with Crippen LogP contribution in [0.1, 0.15) is 5.56 Å². The van der Waals surface area contributed by atoms with Crippen molar-refractivity contribution in [1.29, 1.82) is 0 Å². The monoisotopic (exact) mass is 358 g/mol. The molecular weight excluding hydrogens is 351 g/mol. The molecule has 0 aliphatic heterocycles. The van der Waals surface area contributed by atoms with Crippen LogP contribution >= 0.6 is 27.5 Å². The molecule has 2 aromatic rings. The minimum atomic E-state index is -0.505. The van der Waals surface area contributed by atoms with Gasteiger partial charge in [0.05, 0.1) is 9.40 Å². The van der Waals surface area contributed by atoms with Gasteiger partial charge in [-0.25, -0.2) is 4.39 Å². The lowest BCUT2D eigenvalue weighted by Crippen LogP contribution is -2.02. The number of hydrogen-bond acceptors (Lipinski definition) is 3. The zero-order valence-electron chi connectivity index (χ0n) is 10.1. The highest BCUT2D eigenvalue weighted by Crippen LogP contribution is 2.28. The molecule has 0 bridgehead atoms. The summed E-state index contributed by atoms with van der Waals surface area (Å²) in [6.45, 7) is 0.335. The molecular formula is C13H9BrClFN2O2. The first kappa shape index (κ1) is 14.7. The molecule has 0 unspecified atom stereocenters. The van der Waals surface area contributed by atoms with E-state index in [0.29, 0.717) is 21.7 Å². The Morgan fingerprint density at radius 3 is 2.70 bits per heavy atom. The van der Waals surface area contributed by atoms with E-state index in [4.69, 9.17) is 11.6 Å². The first-order valence-electron chi connectivity index (χ1n) is 5.59. The number of halogens is 3. The molecule has 0 amide bonds. The molecule has 4 nitrogen and oxygen atoms in total. The quantitative estimate of drug-likeness (QED) is 0.632. The van der Waals surface area contributed by atoms with Crippen LogP contribution < -0.4 is 5.32 Å². The molecule has 0 atom stereocenters. The molecule has 0 spiro atoms. The maximum atomic E-state index is 13.1. The topological polar surface area (TPSA) is 55.2 Å². The molecule has 1 N–H and O–H groups in total. The molecule has 0 heterocycles. The summed E-state index contributed by atoms with van der Waals surface area (Å²) in [4.78, 5) is 10.4. The highest BCUT2D eigenvalue weighted by Gasteiger charge is 2.14. The first-order valence-corrected chi connectivity index (χ1v) is 6.76. The Balaban J connectivity index is 2.18. The van der Waals surface area contributed by atoms with Crippen molar-refractivity contribution in [3.8, 4) is 0 Å². The Hall–Kier alpha value is -1.66. The number of nitro groups is 1. The van der Waals surface area contributed by atoms with Crippen molar-refractivity contribution in [2.45, 2.75) is 6.54 Å². The molecule has 0 fully saturated rings. The van der Waals surface area contributed by atoms with E-state index >= 15 is 0 Å². The Morgan fingerprint density at radius 1 is 1.30 bits per heavy atom. The number of benzene rings is 2. The molecule has 7 heteroatoms. The van der Waals surface area contributed by atoms with Crippen LogP contribution in [0.4, 0.5) is 15.8 Å². The summed E-state index contributed by atoms with van der Waals surface area (Å²) >= 11 is 8.83. The molecule has 0 saturated heterocycles. The van der Waals surface area contributed by atoms with Crippen molar-refractivity contribution in [1.82, 2.24) is 0 Å². The fourth-order valence-corrected chi connectivity index (χ4v) is 2.24. The van der Waals surface area contributed by atoms with Gasteiger partial charge in [-0.2, -0.15) is 0 Å². The molecule has 0 aromatic heterocycles. The first-order chi connectivity index (χ1) is 9.47. The van der Waals surface area contributed by atoms with E-state index in [9.17, 15) is 14.5 Å². The van der Waals surface area contributed by atoms with Crippen molar-refractivity contribution in [3.05, 3.63) is 67.4 Å². The zero-order chi connectivity index (χ0) is 14.7. The molecule has 104 valence electrons. The summed E-state index contributed by atoms with van der Waals surface area (Å²) < 4.78 is 13.5. The van der Waals surface area contributed by atoms with Crippen LogP contribution in [0.25, 0.3) is 0 Å². The number of nitro benzene ring substituents is 1. The van der Waals surface area contributed by atoms with Crippen LogP contribution in [-0.2, 0) is 6.54 Å². The highest BCUT2D eigenvalue weighted by atomic mass is 79.9. The minimum Gasteiger partial charge on any atom is -0.375 e. The van der Waals surface area contributed by atoms with Crippen LogP contribution in [-0.4, -0.2) is 4.92 Å². The predicted molar refractivity (Wildman–Crippen MR) is 79.5 cm³/mol. The van der Waals surface area contributed by atoms with Gasteiger partial charge in [0.1, 0.15) is 11.5 Å². The molecule has 20 heavy (non-hydrogen) atoms. The van der Waals surface area contributed by atoms with Crippen LogP contribution in [0.3, 0.4) is 0 Å². The normalized spacial score (nSPS) is 10.3. The summed E-state index contributed by atoms with van der Waals surface area (Å²) in [5, 5.41) is 14.2. The fraction of sp³-hybridized carbons (Fsp3) is 0.0769. The Bertz CT molecular complexity index is 667. The van der Waals surface area contributed by atoms with E-state index in [1.165, 1.54) is 12.1 Å². The van der Waals surface area contributed by atoms with Gasteiger partial charge in [-0.05, 0) is 45.8 Å². The van der Waals surface area contributed by atoms with E-state index in [2.05, 4.69) is 21.2 Å². The Morgan fingerprint density at radius 2 is 2.05 bits per heavy atom. The number of nitrogens with zero attached hydrogens (tertiary/aromatic N) is 1. The van der Waals surface area contributed by atoms with Gasteiger partial charge in [0.25, 0.3) is 5.69 Å². The van der Waals surface area contributed by atoms with Crippen molar-refractivity contribution < 1.29 is 9.31 Å². The third-order valence-electron chi connectivity index (χ3n) is 2.62.